The molecule has 64 heavy (non-hydrogen) atoms. The molecule has 0 saturated carbocycles. The van der Waals surface area contributed by atoms with Gasteiger partial charge in [-0.25, -0.2) is 0 Å². The number of rotatable bonds is 5. The first-order valence-electron chi connectivity index (χ1n) is 21.9. The Balaban J connectivity index is 0.928. The van der Waals surface area contributed by atoms with Gasteiger partial charge in [0.2, 0.25) is 0 Å². The van der Waals surface area contributed by atoms with Gasteiger partial charge in [0, 0.05) is 60.2 Å². The summed E-state index contributed by atoms with van der Waals surface area (Å²) in [5.41, 5.74) is 17.1. The Hall–Kier alpha value is -8.60. The number of hydrogen-bond donors (Lipinski definition) is 0. The van der Waals surface area contributed by atoms with Crippen molar-refractivity contribution in [1.29, 1.82) is 0 Å². The van der Waals surface area contributed by atoms with Crippen molar-refractivity contribution >= 4 is 87.4 Å². The van der Waals surface area contributed by atoms with Gasteiger partial charge in [-0.15, -0.1) is 0 Å². The van der Waals surface area contributed by atoms with Gasteiger partial charge in [0.1, 0.15) is 11.2 Å². The zero-order valence-electron chi connectivity index (χ0n) is 34.6. The van der Waals surface area contributed by atoms with Gasteiger partial charge in [0.05, 0.1) is 33.1 Å². The summed E-state index contributed by atoms with van der Waals surface area (Å²) < 4.78 is 13.4. The standard InChI is InChI=1S/C60H37N3O/c1-3-13-42(14-4-1)61-53-20-10-7-17-45(53)47-28-23-40(35-57(47)61)41-24-29-48-51-34-39(25-30-55(51)62(58(48)36-41)43-15-5-2-6-16-43)38-26-31-56-50(33-38)46-18-8-11-21-54(46)63(56)44-27-32-60-52(37-44)49-19-9-12-22-59(49)64-60/h1-37H. The third kappa shape index (κ3) is 5.11. The Labute approximate surface area is 367 Å². The molecular weight excluding hydrogens is 779 g/mol. The van der Waals surface area contributed by atoms with Gasteiger partial charge < -0.3 is 18.1 Å². The minimum Gasteiger partial charge on any atom is -0.456 e. The maximum atomic E-state index is 6.20. The van der Waals surface area contributed by atoms with Crippen molar-refractivity contribution < 1.29 is 4.42 Å². The van der Waals surface area contributed by atoms with E-state index in [-0.39, 0.29) is 0 Å². The van der Waals surface area contributed by atoms with E-state index < -0.39 is 0 Å². The minimum absolute atomic E-state index is 0.901. The van der Waals surface area contributed by atoms with E-state index in [1.807, 2.05) is 12.1 Å². The third-order valence-electron chi connectivity index (χ3n) is 13.4. The molecule has 14 rings (SSSR count). The molecule has 0 N–H and O–H groups in total. The average molecular weight is 816 g/mol. The molecule has 4 heteroatoms. The summed E-state index contributed by atoms with van der Waals surface area (Å²) in [5, 5.41) is 9.68. The highest BCUT2D eigenvalue weighted by Crippen LogP contribution is 2.41. The maximum Gasteiger partial charge on any atom is 0.135 e. The molecular formula is C60H37N3O. The number of furan rings is 1. The molecule has 0 spiro atoms. The van der Waals surface area contributed by atoms with E-state index in [0.29, 0.717) is 0 Å². The molecule has 4 nitrogen and oxygen atoms in total. The van der Waals surface area contributed by atoms with Crippen LogP contribution < -0.4 is 0 Å². The van der Waals surface area contributed by atoms with Crippen LogP contribution in [0.3, 0.4) is 0 Å². The first-order chi connectivity index (χ1) is 31.7. The van der Waals surface area contributed by atoms with Gasteiger partial charge in [0.25, 0.3) is 0 Å². The minimum atomic E-state index is 0.901. The molecule has 4 heterocycles. The van der Waals surface area contributed by atoms with Gasteiger partial charge in [-0.3, -0.25) is 0 Å². The molecule has 0 bridgehead atoms. The number of hydrogen-bond acceptors (Lipinski definition) is 1. The van der Waals surface area contributed by atoms with Gasteiger partial charge >= 0.3 is 0 Å². The van der Waals surface area contributed by atoms with Crippen LogP contribution >= 0.6 is 0 Å². The Bertz CT molecular complexity index is 4180. The number of para-hydroxylation sites is 5. The van der Waals surface area contributed by atoms with Gasteiger partial charge in [-0.1, -0.05) is 127 Å². The fraction of sp³-hybridized carbons (Fsp3) is 0. The van der Waals surface area contributed by atoms with Crippen molar-refractivity contribution in [2.24, 2.45) is 0 Å². The number of fused-ring (bicyclic) bond motifs is 12. The largest absolute Gasteiger partial charge is 0.456 e. The van der Waals surface area contributed by atoms with Crippen LogP contribution in [0.2, 0.25) is 0 Å². The van der Waals surface area contributed by atoms with Crippen LogP contribution in [-0.4, -0.2) is 13.7 Å². The third-order valence-corrected chi connectivity index (χ3v) is 13.4. The molecule has 0 amide bonds. The topological polar surface area (TPSA) is 27.9 Å². The highest BCUT2D eigenvalue weighted by Gasteiger charge is 2.19. The molecule has 4 aromatic heterocycles. The smallest absolute Gasteiger partial charge is 0.135 e. The molecule has 0 aliphatic rings. The van der Waals surface area contributed by atoms with Gasteiger partial charge in [-0.2, -0.15) is 0 Å². The molecule has 298 valence electrons. The van der Waals surface area contributed by atoms with Crippen LogP contribution in [0, 0.1) is 0 Å². The predicted octanol–water partition coefficient (Wildman–Crippen LogP) is 16.2. The molecule has 0 unspecified atom stereocenters. The van der Waals surface area contributed by atoms with E-state index in [9.17, 15) is 0 Å². The van der Waals surface area contributed by atoms with Crippen molar-refractivity contribution in [1.82, 2.24) is 13.7 Å². The van der Waals surface area contributed by atoms with Crippen LogP contribution in [0.15, 0.2) is 229 Å². The second-order valence-electron chi connectivity index (χ2n) is 16.9. The first-order valence-corrected chi connectivity index (χ1v) is 21.9. The van der Waals surface area contributed by atoms with E-state index in [2.05, 4.69) is 226 Å². The van der Waals surface area contributed by atoms with Crippen LogP contribution in [0.5, 0.6) is 0 Å². The summed E-state index contributed by atoms with van der Waals surface area (Å²) in [6.07, 6.45) is 0. The van der Waals surface area contributed by atoms with Crippen molar-refractivity contribution in [2.45, 2.75) is 0 Å². The van der Waals surface area contributed by atoms with Crippen LogP contribution in [0.25, 0.3) is 127 Å². The predicted molar refractivity (Wildman–Crippen MR) is 268 cm³/mol. The molecule has 14 aromatic rings. The molecule has 10 aromatic carbocycles. The molecule has 0 atom stereocenters. The van der Waals surface area contributed by atoms with Crippen LogP contribution in [-0.2, 0) is 0 Å². The van der Waals surface area contributed by atoms with E-state index in [1.165, 1.54) is 87.7 Å². The lowest BCUT2D eigenvalue weighted by molar-refractivity contribution is 0.669. The fourth-order valence-corrected chi connectivity index (χ4v) is 10.5. The Morgan fingerprint density at radius 2 is 0.625 bits per heavy atom. The van der Waals surface area contributed by atoms with Crippen molar-refractivity contribution in [3.63, 3.8) is 0 Å². The zero-order valence-corrected chi connectivity index (χ0v) is 34.6. The lowest BCUT2D eigenvalue weighted by atomic mass is 9.99. The van der Waals surface area contributed by atoms with Crippen LogP contribution in [0.1, 0.15) is 0 Å². The van der Waals surface area contributed by atoms with E-state index in [0.717, 1.165) is 39.0 Å². The average Bonchev–Trinajstić information content (AvgIpc) is 4.10. The zero-order chi connectivity index (χ0) is 41.9. The van der Waals surface area contributed by atoms with Gasteiger partial charge in [0.15, 0.2) is 0 Å². The second kappa shape index (κ2) is 13.4. The van der Waals surface area contributed by atoms with E-state index >= 15 is 0 Å². The van der Waals surface area contributed by atoms with Crippen molar-refractivity contribution in [3.8, 4) is 39.3 Å². The fourth-order valence-electron chi connectivity index (χ4n) is 10.5. The monoisotopic (exact) mass is 815 g/mol. The summed E-state index contributed by atoms with van der Waals surface area (Å²) >= 11 is 0. The molecule has 0 aliphatic carbocycles. The van der Waals surface area contributed by atoms with Crippen LogP contribution in [0.4, 0.5) is 0 Å². The molecule has 0 fully saturated rings. The highest BCUT2D eigenvalue weighted by atomic mass is 16.3. The Kier molecular flexibility index (Phi) is 7.36. The first kappa shape index (κ1) is 35.0. The van der Waals surface area contributed by atoms with Crippen molar-refractivity contribution in [2.75, 3.05) is 0 Å². The summed E-state index contributed by atoms with van der Waals surface area (Å²) in [4.78, 5) is 0. The molecule has 0 aliphatic heterocycles. The van der Waals surface area contributed by atoms with Gasteiger partial charge in [-0.05, 0) is 119 Å². The Morgan fingerprint density at radius 1 is 0.219 bits per heavy atom. The number of benzene rings is 10. The summed E-state index contributed by atoms with van der Waals surface area (Å²) in [5.74, 6) is 0. The van der Waals surface area contributed by atoms with Crippen molar-refractivity contribution in [3.05, 3.63) is 224 Å². The second-order valence-corrected chi connectivity index (χ2v) is 16.9. The van der Waals surface area contributed by atoms with E-state index in [1.54, 1.807) is 0 Å². The number of nitrogens with zero attached hydrogens (tertiary/aromatic N) is 3. The number of aromatic nitrogens is 3. The lowest BCUT2D eigenvalue weighted by Gasteiger charge is -2.10. The quantitative estimate of drug-likeness (QED) is 0.170. The molecule has 0 radical (unpaired) electrons. The molecule has 0 saturated heterocycles. The SMILES string of the molecule is c1ccc(-n2c3ccccc3c3ccc(-c4ccc5c6cc(-c7ccc8c(c7)c7ccccc7n8-c7ccc8oc9ccccc9c8c7)ccc6n(-c6ccccc6)c5c4)cc32)cc1. The maximum absolute atomic E-state index is 6.20. The summed E-state index contributed by atoms with van der Waals surface area (Å²) in [6.45, 7) is 0. The lowest BCUT2D eigenvalue weighted by Crippen LogP contribution is -1.94. The highest BCUT2D eigenvalue weighted by molar-refractivity contribution is 6.15. The summed E-state index contributed by atoms with van der Waals surface area (Å²) in [7, 11) is 0. The van der Waals surface area contributed by atoms with E-state index in [4.69, 9.17) is 4.42 Å². The summed E-state index contributed by atoms with van der Waals surface area (Å²) in [6, 6.07) is 81.6. The normalized spacial score (nSPS) is 12.1. The Morgan fingerprint density at radius 3 is 1.22 bits per heavy atom.